The van der Waals surface area contributed by atoms with Crippen LogP contribution < -0.4 is 5.32 Å². The Morgan fingerprint density at radius 3 is 2.80 bits per heavy atom. The molecule has 0 saturated heterocycles. The molecule has 0 amide bonds. The minimum absolute atomic E-state index is 0.0279. The van der Waals surface area contributed by atoms with E-state index in [9.17, 15) is 10.1 Å². The maximum atomic E-state index is 10.9. The van der Waals surface area contributed by atoms with Crippen LogP contribution in [-0.4, -0.2) is 11.5 Å². The first-order chi connectivity index (χ1) is 9.52. The maximum absolute atomic E-state index is 10.9. The van der Waals surface area contributed by atoms with Crippen LogP contribution in [0.15, 0.2) is 39.2 Å². The Morgan fingerprint density at radius 2 is 2.15 bits per heavy atom. The van der Waals surface area contributed by atoms with Crippen molar-refractivity contribution in [2.75, 3.05) is 6.54 Å². The Labute approximate surface area is 125 Å². The highest BCUT2D eigenvalue weighted by molar-refractivity contribution is 9.10. The normalized spacial score (nSPS) is 12.3. The van der Waals surface area contributed by atoms with E-state index in [0.29, 0.717) is 15.8 Å². The van der Waals surface area contributed by atoms with Gasteiger partial charge in [0.1, 0.15) is 11.5 Å². The number of hydrogen-bond donors (Lipinski definition) is 1. The van der Waals surface area contributed by atoms with Gasteiger partial charge in [-0.15, -0.1) is 0 Å². The first-order valence-corrected chi connectivity index (χ1v) is 7.09. The fourth-order valence-corrected chi connectivity index (χ4v) is 2.34. The predicted molar refractivity (Wildman–Crippen MR) is 80.6 cm³/mol. The fraction of sp³-hybridized carbons (Fsp3) is 0.286. The molecule has 1 atom stereocenters. The molecule has 0 bridgehead atoms. The van der Waals surface area contributed by atoms with Crippen molar-refractivity contribution in [1.29, 1.82) is 0 Å². The summed E-state index contributed by atoms with van der Waals surface area (Å²) in [5, 5.41) is 14.2. The van der Waals surface area contributed by atoms with Gasteiger partial charge in [-0.25, -0.2) is 0 Å². The molecule has 0 aliphatic rings. The van der Waals surface area contributed by atoms with E-state index in [4.69, 9.17) is 4.42 Å². The Morgan fingerprint density at radius 1 is 1.40 bits per heavy atom. The van der Waals surface area contributed by atoms with Crippen LogP contribution in [-0.2, 0) is 0 Å². The molecule has 2 aromatic rings. The monoisotopic (exact) mass is 338 g/mol. The molecular weight excluding hydrogens is 324 g/mol. The molecule has 1 aromatic carbocycles. The SMILES string of the molecule is CCNC(C)c1ccc(-c2ccc(Br)c([N+](=O)[O-])c2)o1. The number of halogens is 1. The van der Waals surface area contributed by atoms with Crippen LogP contribution in [0, 0.1) is 10.1 Å². The summed E-state index contributed by atoms with van der Waals surface area (Å²) in [6, 6.07) is 8.78. The molecule has 106 valence electrons. The van der Waals surface area contributed by atoms with E-state index in [0.717, 1.165) is 12.3 Å². The van der Waals surface area contributed by atoms with Crippen LogP contribution in [0.2, 0.25) is 0 Å². The van der Waals surface area contributed by atoms with Gasteiger partial charge in [0.2, 0.25) is 0 Å². The van der Waals surface area contributed by atoms with E-state index in [1.807, 2.05) is 26.0 Å². The maximum Gasteiger partial charge on any atom is 0.284 e. The highest BCUT2D eigenvalue weighted by atomic mass is 79.9. The van der Waals surface area contributed by atoms with Crippen molar-refractivity contribution in [2.45, 2.75) is 19.9 Å². The standard InChI is InChI=1S/C14H15BrN2O3/c1-3-16-9(2)13-6-7-14(20-13)10-4-5-11(15)12(8-10)17(18)19/h4-9,16H,3H2,1-2H3. The Hall–Kier alpha value is -1.66. The van der Waals surface area contributed by atoms with Crippen LogP contribution in [0.25, 0.3) is 11.3 Å². The molecule has 6 heteroatoms. The highest BCUT2D eigenvalue weighted by Crippen LogP contribution is 2.32. The fourth-order valence-electron chi connectivity index (χ4n) is 1.95. The van der Waals surface area contributed by atoms with Gasteiger partial charge in [0.05, 0.1) is 15.4 Å². The molecule has 1 heterocycles. The number of nitro benzene ring substituents is 1. The second kappa shape index (κ2) is 6.19. The second-order valence-electron chi connectivity index (χ2n) is 4.40. The highest BCUT2D eigenvalue weighted by Gasteiger charge is 2.16. The summed E-state index contributed by atoms with van der Waals surface area (Å²) in [6.45, 7) is 4.88. The molecule has 0 radical (unpaired) electrons. The molecule has 0 aliphatic heterocycles. The predicted octanol–water partition coefficient (Wildman–Crippen LogP) is 4.29. The molecule has 5 nitrogen and oxygen atoms in total. The van der Waals surface area contributed by atoms with Crippen molar-refractivity contribution < 1.29 is 9.34 Å². The van der Waals surface area contributed by atoms with Gasteiger partial charge >= 0.3 is 0 Å². The van der Waals surface area contributed by atoms with E-state index in [-0.39, 0.29) is 11.7 Å². The molecule has 20 heavy (non-hydrogen) atoms. The van der Waals surface area contributed by atoms with Crippen molar-refractivity contribution in [2.24, 2.45) is 0 Å². The van der Waals surface area contributed by atoms with Gasteiger partial charge in [0.15, 0.2) is 0 Å². The lowest BCUT2D eigenvalue weighted by Crippen LogP contribution is -2.16. The zero-order valence-corrected chi connectivity index (χ0v) is 12.8. The van der Waals surface area contributed by atoms with Gasteiger partial charge in [-0.1, -0.05) is 6.92 Å². The number of hydrogen-bond acceptors (Lipinski definition) is 4. The van der Waals surface area contributed by atoms with Gasteiger partial charge in [-0.05, 0) is 53.7 Å². The third-order valence-electron chi connectivity index (χ3n) is 2.99. The number of nitro groups is 1. The van der Waals surface area contributed by atoms with E-state index < -0.39 is 4.92 Å². The summed E-state index contributed by atoms with van der Waals surface area (Å²) in [5.41, 5.74) is 0.718. The van der Waals surface area contributed by atoms with Crippen molar-refractivity contribution in [3.05, 3.63) is 50.7 Å². The summed E-state index contributed by atoms with van der Waals surface area (Å²) in [5.74, 6) is 1.44. The Kier molecular flexibility index (Phi) is 4.57. The number of nitrogens with zero attached hydrogens (tertiary/aromatic N) is 1. The average molecular weight is 339 g/mol. The van der Waals surface area contributed by atoms with Crippen LogP contribution in [0.1, 0.15) is 25.6 Å². The molecule has 1 aromatic heterocycles. The topological polar surface area (TPSA) is 68.3 Å². The van der Waals surface area contributed by atoms with E-state index in [2.05, 4.69) is 21.2 Å². The van der Waals surface area contributed by atoms with Gasteiger partial charge < -0.3 is 9.73 Å². The van der Waals surface area contributed by atoms with E-state index >= 15 is 0 Å². The lowest BCUT2D eigenvalue weighted by molar-refractivity contribution is -0.385. The van der Waals surface area contributed by atoms with Gasteiger partial charge in [-0.3, -0.25) is 10.1 Å². The summed E-state index contributed by atoms with van der Waals surface area (Å²) in [6.07, 6.45) is 0. The van der Waals surface area contributed by atoms with Crippen molar-refractivity contribution in [1.82, 2.24) is 5.32 Å². The molecule has 1 N–H and O–H groups in total. The Bertz CT molecular complexity index is 625. The largest absolute Gasteiger partial charge is 0.459 e. The average Bonchev–Trinajstić information content (AvgIpc) is 2.89. The number of rotatable bonds is 5. The summed E-state index contributed by atoms with van der Waals surface area (Å²) in [7, 11) is 0. The molecule has 0 saturated carbocycles. The van der Waals surface area contributed by atoms with Crippen LogP contribution in [0.5, 0.6) is 0 Å². The summed E-state index contributed by atoms with van der Waals surface area (Å²) >= 11 is 3.17. The second-order valence-corrected chi connectivity index (χ2v) is 5.26. The van der Waals surface area contributed by atoms with Gasteiger partial charge in [-0.2, -0.15) is 0 Å². The minimum atomic E-state index is -0.418. The summed E-state index contributed by atoms with van der Waals surface area (Å²) in [4.78, 5) is 10.5. The van der Waals surface area contributed by atoms with Gasteiger partial charge in [0, 0.05) is 11.6 Å². The molecule has 0 fully saturated rings. The van der Waals surface area contributed by atoms with E-state index in [1.54, 1.807) is 12.1 Å². The zero-order valence-electron chi connectivity index (χ0n) is 11.2. The number of furan rings is 1. The number of nitrogens with one attached hydrogen (secondary N) is 1. The summed E-state index contributed by atoms with van der Waals surface area (Å²) < 4.78 is 6.22. The van der Waals surface area contributed by atoms with Crippen LogP contribution in [0.4, 0.5) is 5.69 Å². The lowest BCUT2D eigenvalue weighted by atomic mass is 10.1. The first-order valence-electron chi connectivity index (χ1n) is 6.30. The van der Waals surface area contributed by atoms with Gasteiger partial charge in [0.25, 0.3) is 5.69 Å². The lowest BCUT2D eigenvalue weighted by Gasteiger charge is -2.08. The first kappa shape index (κ1) is 14.7. The van der Waals surface area contributed by atoms with Crippen molar-refractivity contribution >= 4 is 21.6 Å². The minimum Gasteiger partial charge on any atom is -0.459 e. The van der Waals surface area contributed by atoms with Crippen molar-refractivity contribution in [3.8, 4) is 11.3 Å². The van der Waals surface area contributed by atoms with Crippen LogP contribution >= 0.6 is 15.9 Å². The van der Waals surface area contributed by atoms with E-state index in [1.165, 1.54) is 6.07 Å². The molecule has 1 unspecified atom stereocenters. The molecule has 0 aliphatic carbocycles. The Balaban J connectivity index is 2.33. The number of benzene rings is 1. The third kappa shape index (κ3) is 3.08. The van der Waals surface area contributed by atoms with Crippen LogP contribution in [0.3, 0.4) is 0 Å². The quantitative estimate of drug-likeness (QED) is 0.652. The molecule has 2 rings (SSSR count). The third-order valence-corrected chi connectivity index (χ3v) is 3.66. The molecule has 0 spiro atoms. The smallest absolute Gasteiger partial charge is 0.284 e. The zero-order chi connectivity index (χ0) is 14.7. The van der Waals surface area contributed by atoms with Crippen molar-refractivity contribution in [3.63, 3.8) is 0 Å². The molecular formula is C14H15BrN2O3.